The molecule has 0 bridgehead atoms. The number of benzene rings is 1. The summed E-state index contributed by atoms with van der Waals surface area (Å²) in [6, 6.07) is 6.52. The number of hydrogen-bond acceptors (Lipinski definition) is 4. The molecule has 1 unspecified atom stereocenters. The number of nitrogens with zero attached hydrogens (tertiary/aromatic N) is 1. The standard InChI is InChI=1S/C14H23N3O/c1-3-18-14-9-11(6-7-13(14)15)16-10-12-5-4-8-17(12)2/h6-7,9,12,16H,3-5,8,10,15H2,1-2H3. The van der Waals surface area contributed by atoms with Gasteiger partial charge in [0.15, 0.2) is 0 Å². The van der Waals surface area contributed by atoms with Gasteiger partial charge in [0.25, 0.3) is 0 Å². The van der Waals surface area contributed by atoms with Crippen molar-refractivity contribution in [2.75, 3.05) is 37.8 Å². The van der Waals surface area contributed by atoms with Crippen LogP contribution in [0.15, 0.2) is 18.2 Å². The topological polar surface area (TPSA) is 50.5 Å². The zero-order valence-corrected chi connectivity index (χ0v) is 11.3. The summed E-state index contributed by atoms with van der Waals surface area (Å²) in [4.78, 5) is 2.41. The zero-order valence-electron chi connectivity index (χ0n) is 11.3. The molecule has 1 atom stereocenters. The first kappa shape index (κ1) is 13.0. The van der Waals surface area contributed by atoms with E-state index in [-0.39, 0.29) is 0 Å². The lowest BCUT2D eigenvalue weighted by molar-refractivity contribution is 0.322. The highest BCUT2D eigenvalue weighted by Gasteiger charge is 2.20. The number of nitrogens with two attached hydrogens (primary N) is 1. The van der Waals surface area contributed by atoms with E-state index < -0.39 is 0 Å². The minimum Gasteiger partial charge on any atom is -0.492 e. The Labute approximate surface area is 109 Å². The van der Waals surface area contributed by atoms with E-state index in [4.69, 9.17) is 10.5 Å². The van der Waals surface area contributed by atoms with Crippen LogP contribution in [0.3, 0.4) is 0 Å². The van der Waals surface area contributed by atoms with Crippen molar-refractivity contribution < 1.29 is 4.74 Å². The fourth-order valence-electron chi connectivity index (χ4n) is 2.40. The molecule has 4 nitrogen and oxygen atoms in total. The highest BCUT2D eigenvalue weighted by atomic mass is 16.5. The average Bonchev–Trinajstić information content (AvgIpc) is 2.76. The summed E-state index contributed by atoms with van der Waals surface area (Å²) in [6.07, 6.45) is 2.57. The first-order valence-corrected chi connectivity index (χ1v) is 6.67. The Bertz CT molecular complexity index is 395. The van der Waals surface area contributed by atoms with Crippen LogP contribution in [0, 0.1) is 0 Å². The molecular weight excluding hydrogens is 226 g/mol. The second kappa shape index (κ2) is 5.96. The van der Waals surface area contributed by atoms with Crippen molar-refractivity contribution in [3.63, 3.8) is 0 Å². The smallest absolute Gasteiger partial charge is 0.144 e. The summed E-state index contributed by atoms with van der Waals surface area (Å²) in [5.74, 6) is 0.766. The molecule has 0 amide bonds. The molecule has 18 heavy (non-hydrogen) atoms. The van der Waals surface area contributed by atoms with E-state index >= 15 is 0 Å². The van der Waals surface area contributed by atoms with E-state index in [9.17, 15) is 0 Å². The first-order valence-electron chi connectivity index (χ1n) is 6.67. The van der Waals surface area contributed by atoms with Crippen LogP contribution in [-0.2, 0) is 0 Å². The van der Waals surface area contributed by atoms with E-state index in [1.54, 1.807) is 0 Å². The zero-order chi connectivity index (χ0) is 13.0. The number of nitrogen functional groups attached to an aromatic ring is 1. The summed E-state index contributed by atoms with van der Waals surface area (Å²) >= 11 is 0. The highest BCUT2D eigenvalue weighted by molar-refractivity contribution is 5.61. The maximum Gasteiger partial charge on any atom is 0.144 e. The molecule has 1 aromatic carbocycles. The molecular formula is C14H23N3O. The average molecular weight is 249 g/mol. The molecule has 1 heterocycles. The minimum absolute atomic E-state index is 0.637. The minimum atomic E-state index is 0.637. The molecule has 0 saturated carbocycles. The number of ether oxygens (including phenoxy) is 1. The van der Waals surface area contributed by atoms with Gasteiger partial charge in [-0.15, -0.1) is 0 Å². The van der Waals surface area contributed by atoms with Crippen LogP contribution in [0.4, 0.5) is 11.4 Å². The van der Waals surface area contributed by atoms with Gasteiger partial charge in [-0.1, -0.05) is 0 Å². The van der Waals surface area contributed by atoms with Crippen LogP contribution >= 0.6 is 0 Å². The summed E-state index contributed by atoms with van der Waals surface area (Å²) in [6.45, 7) is 4.79. The Morgan fingerprint density at radius 1 is 1.50 bits per heavy atom. The lowest BCUT2D eigenvalue weighted by atomic mass is 10.2. The van der Waals surface area contributed by atoms with Crippen LogP contribution < -0.4 is 15.8 Å². The van der Waals surface area contributed by atoms with Gasteiger partial charge in [0.1, 0.15) is 5.75 Å². The maximum absolute atomic E-state index is 5.85. The van der Waals surface area contributed by atoms with Crippen molar-refractivity contribution in [2.24, 2.45) is 0 Å². The van der Waals surface area contributed by atoms with Gasteiger partial charge in [-0.3, -0.25) is 0 Å². The molecule has 1 aliphatic rings. The van der Waals surface area contributed by atoms with Crippen LogP contribution in [0.2, 0.25) is 0 Å². The molecule has 0 spiro atoms. The lowest BCUT2D eigenvalue weighted by Crippen LogP contribution is -2.31. The van der Waals surface area contributed by atoms with Crippen LogP contribution in [0.25, 0.3) is 0 Å². The Kier molecular flexibility index (Phi) is 4.31. The summed E-state index contributed by atoms with van der Waals surface area (Å²) in [5, 5.41) is 3.47. The predicted octanol–water partition coefficient (Wildman–Crippen LogP) is 2.17. The van der Waals surface area contributed by atoms with Gasteiger partial charge >= 0.3 is 0 Å². The predicted molar refractivity (Wildman–Crippen MR) is 76.2 cm³/mol. The lowest BCUT2D eigenvalue weighted by Gasteiger charge is -2.20. The van der Waals surface area contributed by atoms with Gasteiger partial charge in [-0.25, -0.2) is 0 Å². The second-order valence-electron chi connectivity index (χ2n) is 4.84. The number of anilines is 2. The van der Waals surface area contributed by atoms with Crippen molar-refractivity contribution in [3.8, 4) is 5.75 Å². The molecule has 4 heteroatoms. The van der Waals surface area contributed by atoms with E-state index in [1.807, 2.05) is 25.1 Å². The third-order valence-electron chi connectivity index (χ3n) is 3.53. The fraction of sp³-hybridized carbons (Fsp3) is 0.571. The molecule has 0 aromatic heterocycles. The van der Waals surface area contributed by atoms with Crippen LogP contribution in [0.1, 0.15) is 19.8 Å². The first-order chi connectivity index (χ1) is 8.70. The number of nitrogens with one attached hydrogen (secondary N) is 1. The number of rotatable bonds is 5. The third-order valence-corrected chi connectivity index (χ3v) is 3.53. The van der Waals surface area contributed by atoms with E-state index in [2.05, 4.69) is 17.3 Å². The van der Waals surface area contributed by atoms with Gasteiger partial charge < -0.3 is 20.7 Å². The number of likely N-dealkylation sites (tertiary alicyclic amines) is 1. The van der Waals surface area contributed by atoms with E-state index in [1.165, 1.54) is 19.4 Å². The molecule has 1 saturated heterocycles. The molecule has 1 fully saturated rings. The monoisotopic (exact) mass is 249 g/mol. The van der Waals surface area contributed by atoms with Gasteiger partial charge in [-0.05, 0) is 45.5 Å². The van der Waals surface area contributed by atoms with E-state index in [0.29, 0.717) is 18.3 Å². The van der Waals surface area contributed by atoms with Gasteiger partial charge in [0.2, 0.25) is 0 Å². The summed E-state index contributed by atoms with van der Waals surface area (Å²) in [5.41, 5.74) is 7.63. The molecule has 3 N–H and O–H groups in total. The maximum atomic E-state index is 5.85. The Hall–Kier alpha value is -1.42. The van der Waals surface area contributed by atoms with Gasteiger partial charge in [0, 0.05) is 24.3 Å². The molecule has 100 valence electrons. The van der Waals surface area contributed by atoms with Crippen molar-refractivity contribution in [1.29, 1.82) is 0 Å². The largest absolute Gasteiger partial charge is 0.492 e. The summed E-state index contributed by atoms with van der Waals surface area (Å²) < 4.78 is 5.49. The molecule has 1 aromatic rings. The summed E-state index contributed by atoms with van der Waals surface area (Å²) in [7, 11) is 2.19. The SMILES string of the molecule is CCOc1cc(NCC2CCCN2C)ccc1N. The second-order valence-corrected chi connectivity index (χ2v) is 4.84. The quantitative estimate of drug-likeness (QED) is 0.785. The fourth-order valence-corrected chi connectivity index (χ4v) is 2.40. The van der Waals surface area contributed by atoms with Crippen molar-refractivity contribution in [1.82, 2.24) is 4.90 Å². The van der Waals surface area contributed by atoms with Crippen LogP contribution in [-0.4, -0.2) is 37.7 Å². The Morgan fingerprint density at radius 2 is 2.33 bits per heavy atom. The third kappa shape index (κ3) is 3.07. The Balaban J connectivity index is 1.94. The van der Waals surface area contributed by atoms with E-state index in [0.717, 1.165) is 18.0 Å². The van der Waals surface area contributed by atoms with Crippen molar-refractivity contribution >= 4 is 11.4 Å². The molecule has 0 radical (unpaired) electrons. The highest BCUT2D eigenvalue weighted by Crippen LogP contribution is 2.26. The van der Waals surface area contributed by atoms with Crippen molar-refractivity contribution in [3.05, 3.63) is 18.2 Å². The molecule has 2 rings (SSSR count). The van der Waals surface area contributed by atoms with Crippen molar-refractivity contribution in [2.45, 2.75) is 25.8 Å². The number of hydrogen-bond donors (Lipinski definition) is 2. The normalized spacial score (nSPS) is 20.0. The van der Waals surface area contributed by atoms with Crippen LogP contribution in [0.5, 0.6) is 5.75 Å². The molecule has 1 aliphatic heterocycles. The van der Waals surface area contributed by atoms with Gasteiger partial charge in [-0.2, -0.15) is 0 Å². The Morgan fingerprint density at radius 3 is 3.00 bits per heavy atom. The van der Waals surface area contributed by atoms with Gasteiger partial charge in [0.05, 0.1) is 12.3 Å². The molecule has 0 aliphatic carbocycles. The number of likely N-dealkylation sites (N-methyl/N-ethyl adjacent to an activating group) is 1.